The Morgan fingerprint density at radius 2 is 2.33 bits per heavy atom. The van der Waals surface area contributed by atoms with E-state index in [4.69, 9.17) is 4.42 Å². The van der Waals surface area contributed by atoms with Crippen molar-refractivity contribution in [1.82, 2.24) is 25.8 Å². The van der Waals surface area contributed by atoms with Crippen LogP contribution in [0.25, 0.3) is 11.6 Å². The molecular weight excluding hydrogens is 304 g/mol. The van der Waals surface area contributed by atoms with Crippen molar-refractivity contribution in [2.75, 3.05) is 13.6 Å². The molecule has 0 saturated heterocycles. The van der Waals surface area contributed by atoms with Gasteiger partial charge in [-0.05, 0) is 44.2 Å². The number of hydrogen-bond acceptors (Lipinski definition) is 4. The van der Waals surface area contributed by atoms with E-state index in [1.807, 2.05) is 12.1 Å². The summed E-state index contributed by atoms with van der Waals surface area (Å²) in [5.41, 5.74) is 1.56. The van der Waals surface area contributed by atoms with Crippen LogP contribution in [0.1, 0.15) is 37.9 Å². The van der Waals surface area contributed by atoms with Crippen molar-refractivity contribution in [2.24, 2.45) is 4.99 Å². The highest BCUT2D eigenvalue weighted by Crippen LogP contribution is 2.19. The first-order valence-corrected chi connectivity index (χ1v) is 8.43. The van der Waals surface area contributed by atoms with Crippen LogP contribution in [0.4, 0.5) is 0 Å². The molecular formula is C17H24N6O. The highest BCUT2D eigenvalue weighted by atomic mass is 16.3. The molecule has 3 N–H and O–H groups in total. The average Bonchev–Trinajstić information content (AvgIpc) is 3.30. The first kappa shape index (κ1) is 16.3. The van der Waals surface area contributed by atoms with Gasteiger partial charge in [-0.3, -0.25) is 10.1 Å². The van der Waals surface area contributed by atoms with Gasteiger partial charge in [-0.2, -0.15) is 0 Å². The maximum absolute atomic E-state index is 5.28. The molecule has 0 radical (unpaired) electrons. The Hall–Kier alpha value is -2.57. The summed E-state index contributed by atoms with van der Waals surface area (Å²) < 4.78 is 5.28. The lowest BCUT2D eigenvalue weighted by molar-refractivity contribution is 0.577. The fraction of sp³-hybridized carbons (Fsp3) is 0.471. The molecule has 2 aromatic rings. The average molecular weight is 328 g/mol. The summed E-state index contributed by atoms with van der Waals surface area (Å²) in [5.74, 6) is 2.71. The number of guanidine groups is 1. The van der Waals surface area contributed by atoms with Crippen LogP contribution in [-0.2, 0) is 6.54 Å². The first-order chi connectivity index (χ1) is 11.8. The Morgan fingerprint density at radius 3 is 3.08 bits per heavy atom. The van der Waals surface area contributed by atoms with Crippen molar-refractivity contribution >= 4 is 5.96 Å². The van der Waals surface area contributed by atoms with E-state index in [0.29, 0.717) is 18.1 Å². The number of furan rings is 1. The van der Waals surface area contributed by atoms with Gasteiger partial charge in [0.05, 0.1) is 12.8 Å². The number of aromatic nitrogens is 3. The molecule has 2 aromatic heterocycles. The largest absolute Gasteiger partial charge is 0.461 e. The number of hydrogen-bond donors (Lipinski definition) is 3. The van der Waals surface area contributed by atoms with Crippen LogP contribution < -0.4 is 10.6 Å². The van der Waals surface area contributed by atoms with Crippen molar-refractivity contribution in [3.8, 4) is 11.6 Å². The number of H-pyrrole nitrogens is 1. The molecule has 7 heteroatoms. The lowest BCUT2D eigenvalue weighted by Gasteiger charge is -2.14. The van der Waals surface area contributed by atoms with Gasteiger partial charge in [0.25, 0.3) is 0 Å². The van der Waals surface area contributed by atoms with E-state index in [9.17, 15) is 0 Å². The van der Waals surface area contributed by atoms with Gasteiger partial charge in [0.2, 0.25) is 5.82 Å². The Balaban J connectivity index is 1.43. The van der Waals surface area contributed by atoms with E-state index < -0.39 is 0 Å². The minimum Gasteiger partial charge on any atom is -0.461 e. The molecule has 0 amide bonds. The lowest BCUT2D eigenvalue weighted by atomic mass is 9.97. The van der Waals surface area contributed by atoms with Gasteiger partial charge in [-0.25, -0.2) is 4.98 Å². The van der Waals surface area contributed by atoms with Crippen LogP contribution in [0.5, 0.6) is 0 Å². The van der Waals surface area contributed by atoms with Crippen LogP contribution in [-0.4, -0.2) is 34.7 Å². The lowest BCUT2D eigenvalue weighted by Crippen LogP contribution is -2.37. The smallest absolute Gasteiger partial charge is 0.216 e. The monoisotopic (exact) mass is 328 g/mol. The molecule has 3 rings (SSSR count). The number of aromatic amines is 1. The molecule has 0 unspecified atom stereocenters. The predicted molar refractivity (Wildman–Crippen MR) is 93.5 cm³/mol. The van der Waals surface area contributed by atoms with Gasteiger partial charge in [0, 0.05) is 13.6 Å². The van der Waals surface area contributed by atoms with Crippen molar-refractivity contribution in [3.63, 3.8) is 0 Å². The Bertz CT molecular complexity index is 686. The highest BCUT2D eigenvalue weighted by Gasteiger charge is 2.09. The Kier molecular flexibility index (Phi) is 5.65. The molecule has 0 aromatic carbocycles. The zero-order valence-corrected chi connectivity index (χ0v) is 14.0. The molecule has 128 valence electrons. The van der Waals surface area contributed by atoms with Gasteiger partial charge in [-0.15, -0.1) is 5.10 Å². The van der Waals surface area contributed by atoms with Gasteiger partial charge < -0.3 is 15.1 Å². The van der Waals surface area contributed by atoms with Gasteiger partial charge >= 0.3 is 0 Å². The third-order valence-corrected chi connectivity index (χ3v) is 4.04. The predicted octanol–water partition coefficient (Wildman–Crippen LogP) is 2.62. The summed E-state index contributed by atoms with van der Waals surface area (Å²) in [7, 11) is 1.77. The fourth-order valence-corrected chi connectivity index (χ4v) is 2.75. The maximum atomic E-state index is 5.28. The molecule has 0 spiro atoms. The minimum absolute atomic E-state index is 0.524. The third-order valence-electron chi connectivity index (χ3n) is 4.04. The summed E-state index contributed by atoms with van der Waals surface area (Å²) in [5, 5.41) is 13.6. The molecule has 0 atom stereocenters. The van der Waals surface area contributed by atoms with E-state index in [-0.39, 0.29) is 0 Å². The second-order valence-electron chi connectivity index (χ2n) is 5.79. The summed E-state index contributed by atoms with van der Waals surface area (Å²) in [6.45, 7) is 1.41. The number of allylic oxidation sites excluding steroid dienone is 1. The minimum atomic E-state index is 0.524. The summed E-state index contributed by atoms with van der Waals surface area (Å²) in [4.78, 5) is 8.63. The SMILES string of the molecule is CN=C(NCCC1=CCCCC1)NCc1nc(-c2ccco2)n[nH]1. The van der Waals surface area contributed by atoms with E-state index >= 15 is 0 Å². The van der Waals surface area contributed by atoms with Crippen LogP contribution in [0.2, 0.25) is 0 Å². The van der Waals surface area contributed by atoms with Crippen molar-refractivity contribution in [2.45, 2.75) is 38.6 Å². The quantitative estimate of drug-likeness (QED) is 0.431. The molecule has 2 heterocycles. The second-order valence-corrected chi connectivity index (χ2v) is 5.79. The van der Waals surface area contributed by atoms with Gasteiger partial charge in [0.1, 0.15) is 5.82 Å². The maximum Gasteiger partial charge on any atom is 0.216 e. The summed E-state index contributed by atoms with van der Waals surface area (Å²) >= 11 is 0. The van der Waals surface area contributed by atoms with E-state index in [2.05, 4.69) is 36.9 Å². The highest BCUT2D eigenvalue weighted by molar-refractivity contribution is 5.79. The summed E-state index contributed by atoms with van der Waals surface area (Å²) in [6, 6.07) is 3.65. The van der Waals surface area contributed by atoms with Crippen LogP contribution in [0, 0.1) is 0 Å². The van der Waals surface area contributed by atoms with Gasteiger partial charge in [-0.1, -0.05) is 11.6 Å². The molecule has 24 heavy (non-hydrogen) atoms. The molecule has 0 bridgehead atoms. The van der Waals surface area contributed by atoms with E-state index in [1.54, 1.807) is 18.9 Å². The van der Waals surface area contributed by atoms with Crippen LogP contribution in [0.15, 0.2) is 39.5 Å². The zero-order valence-electron chi connectivity index (χ0n) is 14.0. The van der Waals surface area contributed by atoms with Crippen molar-refractivity contribution < 1.29 is 4.42 Å². The standard InChI is InChI=1S/C17H24N6O/c1-18-17(19-10-9-13-6-3-2-4-7-13)20-12-15-21-16(23-22-15)14-8-5-11-24-14/h5-6,8,11H,2-4,7,9-10,12H2,1H3,(H2,18,19,20)(H,21,22,23). The second kappa shape index (κ2) is 8.33. The fourth-order valence-electron chi connectivity index (χ4n) is 2.75. The molecule has 1 aliphatic rings. The van der Waals surface area contributed by atoms with Crippen LogP contribution in [0.3, 0.4) is 0 Å². The molecule has 1 aliphatic carbocycles. The van der Waals surface area contributed by atoms with Crippen molar-refractivity contribution in [3.05, 3.63) is 35.9 Å². The Morgan fingerprint density at radius 1 is 1.38 bits per heavy atom. The summed E-state index contributed by atoms with van der Waals surface area (Å²) in [6.07, 6.45) is 10.2. The van der Waals surface area contributed by atoms with Crippen molar-refractivity contribution in [1.29, 1.82) is 0 Å². The van der Waals surface area contributed by atoms with E-state index in [0.717, 1.165) is 24.7 Å². The molecule has 7 nitrogen and oxygen atoms in total. The molecule has 0 aliphatic heterocycles. The third kappa shape index (κ3) is 4.47. The van der Waals surface area contributed by atoms with Gasteiger partial charge in [0.15, 0.2) is 11.7 Å². The number of nitrogens with zero attached hydrogens (tertiary/aromatic N) is 3. The topological polar surface area (TPSA) is 91.1 Å². The Labute approximate surface area is 141 Å². The number of rotatable bonds is 6. The van der Waals surface area contributed by atoms with Crippen LogP contribution >= 0.6 is 0 Å². The molecule has 0 saturated carbocycles. The normalized spacial score (nSPS) is 15.2. The zero-order chi connectivity index (χ0) is 16.6. The van der Waals surface area contributed by atoms with E-state index in [1.165, 1.54) is 25.7 Å². The number of nitrogens with one attached hydrogen (secondary N) is 3. The molecule has 0 fully saturated rings. The first-order valence-electron chi connectivity index (χ1n) is 8.43. The number of aliphatic imine (C=N–C) groups is 1.